The number of benzene rings is 2. The Morgan fingerprint density at radius 1 is 0.875 bits per heavy atom. The molecule has 0 fully saturated rings. The lowest BCUT2D eigenvalue weighted by Gasteiger charge is -2.20. The Balaban J connectivity index is 2.42. The van der Waals surface area contributed by atoms with Gasteiger partial charge in [-0.05, 0) is 18.6 Å². The van der Waals surface area contributed by atoms with E-state index in [0.29, 0.717) is 6.07 Å². The number of hydrogen-bond acceptors (Lipinski definition) is 1. The van der Waals surface area contributed by atoms with Gasteiger partial charge in [-0.15, -0.1) is 0 Å². The normalized spacial score (nSPS) is 12.4. The zero-order chi connectivity index (χ0) is 18.3. The summed E-state index contributed by atoms with van der Waals surface area (Å²) in [7, 11) is 0. The minimum Gasteiger partial charge on any atom is -0.429 e. The molecule has 0 unspecified atom stereocenters. The Kier molecular flexibility index (Phi) is 4.47. The maximum absolute atomic E-state index is 14.0. The first-order valence-electron chi connectivity index (χ1n) is 6.32. The van der Waals surface area contributed by atoms with Crippen LogP contribution in [0.2, 0.25) is 0 Å². The van der Waals surface area contributed by atoms with Crippen molar-refractivity contribution in [2.24, 2.45) is 0 Å². The van der Waals surface area contributed by atoms with Crippen LogP contribution in [0.15, 0.2) is 30.3 Å². The van der Waals surface area contributed by atoms with Crippen LogP contribution in [-0.2, 0) is 12.3 Å². The lowest BCUT2D eigenvalue weighted by atomic mass is 10.1. The molecule has 0 amide bonds. The predicted molar refractivity (Wildman–Crippen MR) is 67.0 cm³/mol. The SMILES string of the molecule is Cc1cccc(C(F)(F)Oc2cc(F)c(C(F)(F)F)c(F)c2)c1F. The average molecular weight is 356 g/mol. The van der Waals surface area contributed by atoms with Crippen molar-refractivity contribution in [3.05, 3.63) is 64.5 Å². The van der Waals surface area contributed by atoms with E-state index >= 15 is 0 Å². The molecule has 0 bridgehead atoms. The number of hydrogen-bond donors (Lipinski definition) is 0. The molecule has 0 N–H and O–H groups in total. The molecule has 0 atom stereocenters. The zero-order valence-electron chi connectivity index (χ0n) is 11.8. The summed E-state index contributed by atoms with van der Waals surface area (Å²) >= 11 is 0. The van der Waals surface area contributed by atoms with Crippen LogP contribution >= 0.6 is 0 Å². The van der Waals surface area contributed by atoms with Gasteiger partial charge in [0.25, 0.3) is 0 Å². The number of aryl methyl sites for hydroxylation is 1. The van der Waals surface area contributed by atoms with E-state index in [2.05, 4.69) is 4.74 Å². The quantitative estimate of drug-likeness (QED) is 0.655. The summed E-state index contributed by atoms with van der Waals surface area (Å²) in [6.07, 6.45) is -9.70. The molecule has 0 spiro atoms. The van der Waals surface area contributed by atoms with Gasteiger partial charge in [-0.1, -0.05) is 12.1 Å². The lowest BCUT2D eigenvalue weighted by Crippen LogP contribution is -2.24. The summed E-state index contributed by atoms with van der Waals surface area (Å²) < 4.78 is 110. The molecule has 0 heterocycles. The molecule has 0 aliphatic heterocycles. The second-order valence-corrected chi connectivity index (χ2v) is 4.81. The lowest BCUT2D eigenvalue weighted by molar-refractivity contribution is -0.187. The Bertz CT molecular complexity index is 744. The summed E-state index contributed by atoms with van der Waals surface area (Å²) in [5.41, 5.74) is -3.59. The van der Waals surface area contributed by atoms with Gasteiger partial charge in [0.1, 0.15) is 34.3 Å². The van der Waals surface area contributed by atoms with Gasteiger partial charge >= 0.3 is 12.3 Å². The van der Waals surface area contributed by atoms with Gasteiger partial charge in [0.2, 0.25) is 0 Å². The molecular weight excluding hydrogens is 348 g/mol. The number of halogens is 8. The van der Waals surface area contributed by atoms with E-state index in [9.17, 15) is 35.1 Å². The summed E-state index contributed by atoms with van der Waals surface area (Å²) in [4.78, 5) is 0. The maximum atomic E-state index is 14.0. The fourth-order valence-corrected chi connectivity index (χ4v) is 1.95. The average Bonchev–Trinajstić information content (AvgIpc) is 2.38. The van der Waals surface area contributed by atoms with E-state index < -0.39 is 46.6 Å². The first-order chi connectivity index (χ1) is 10.9. The Labute approximate surface area is 130 Å². The van der Waals surface area contributed by atoms with Gasteiger partial charge < -0.3 is 4.74 Å². The molecule has 0 saturated carbocycles. The van der Waals surface area contributed by atoms with Crippen LogP contribution < -0.4 is 4.74 Å². The molecule has 1 nitrogen and oxygen atoms in total. The van der Waals surface area contributed by atoms with Gasteiger partial charge in [0.05, 0.1) is 0 Å². The molecule has 0 aliphatic carbocycles. The van der Waals surface area contributed by atoms with Crippen molar-refractivity contribution >= 4 is 0 Å². The summed E-state index contributed by atoms with van der Waals surface area (Å²) in [5.74, 6) is -6.78. The summed E-state index contributed by atoms with van der Waals surface area (Å²) in [6.45, 7) is 1.20. The Morgan fingerprint density at radius 3 is 1.92 bits per heavy atom. The highest BCUT2D eigenvalue weighted by Crippen LogP contribution is 2.38. The van der Waals surface area contributed by atoms with Crippen molar-refractivity contribution in [1.82, 2.24) is 0 Å². The number of ether oxygens (including phenoxy) is 1. The topological polar surface area (TPSA) is 9.23 Å². The molecule has 0 aromatic heterocycles. The molecule has 0 aliphatic rings. The predicted octanol–water partition coefficient (Wildman–Crippen LogP) is 5.56. The van der Waals surface area contributed by atoms with Gasteiger partial charge in [-0.25, -0.2) is 13.2 Å². The zero-order valence-corrected chi connectivity index (χ0v) is 11.8. The minimum absolute atomic E-state index is 0.0481. The van der Waals surface area contributed by atoms with Crippen molar-refractivity contribution in [2.75, 3.05) is 0 Å². The molecule has 0 radical (unpaired) electrons. The standard InChI is InChI=1S/C15H8F8O/c1-7-3-2-4-9(13(7)18)15(22,23)24-8-5-10(16)12(11(17)6-8)14(19,20)21/h2-6H,1H3. The monoisotopic (exact) mass is 356 g/mol. The second-order valence-electron chi connectivity index (χ2n) is 4.81. The van der Waals surface area contributed by atoms with Crippen LogP contribution in [0, 0.1) is 24.4 Å². The molecule has 2 aromatic rings. The van der Waals surface area contributed by atoms with Crippen LogP contribution in [0.25, 0.3) is 0 Å². The molecule has 2 aromatic carbocycles. The smallest absolute Gasteiger partial charge is 0.429 e. The third-order valence-corrected chi connectivity index (χ3v) is 3.05. The van der Waals surface area contributed by atoms with E-state index in [-0.39, 0.29) is 17.7 Å². The van der Waals surface area contributed by atoms with Crippen molar-refractivity contribution < 1.29 is 39.9 Å². The highest BCUT2D eigenvalue weighted by molar-refractivity contribution is 5.34. The third-order valence-electron chi connectivity index (χ3n) is 3.05. The fourth-order valence-electron chi connectivity index (χ4n) is 1.95. The van der Waals surface area contributed by atoms with Crippen molar-refractivity contribution in [2.45, 2.75) is 19.2 Å². The second kappa shape index (κ2) is 5.95. The molecular formula is C15H8F8O. The number of rotatable bonds is 3. The van der Waals surface area contributed by atoms with Crippen LogP contribution in [0.4, 0.5) is 35.1 Å². The number of alkyl halides is 5. The van der Waals surface area contributed by atoms with Crippen molar-refractivity contribution in [3.8, 4) is 5.75 Å². The third kappa shape index (κ3) is 3.44. The maximum Gasteiger partial charge on any atom is 0.429 e. The van der Waals surface area contributed by atoms with Crippen LogP contribution in [0.3, 0.4) is 0 Å². The van der Waals surface area contributed by atoms with E-state index in [4.69, 9.17) is 0 Å². The van der Waals surface area contributed by atoms with Gasteiger partial charge in [0.15, 0.2) is 0 Å². The first kappa shape index (κ1) is 18.0. The molecule has 9 heteroatoms. The summed E-state index contributed by atoms with van der Waals surface area (Å²) in [6, 6.07) is 2.88. The first-order valence-corrected chi connectivity index (χ1v) is 6.32. The van der Waals surface area contributed by atoms with E-state index in [1.165, 1.54) is 13.0 Å². The van der Waals surface area contributed by atoms with Gasteiger partial charge in [-0.2, -0.15) is 22.0 Å². The van der Waals surface area contributed by atoms with E-state index in [1.807, 2.05) is 0 Å². The van der Waals surface area contributed by atoms with E-state index in [0.717, 1.165) is 6.07 Å². The summed E-state index contributed by atoms with van der Waals surface area (Å²) in [5, 5.41) is 0. The highest BCUT2D eigenvalue weighted by Gasteiger charge is 2.41. The van der Waals surface area contributed by atoms with Crippen LogP contribution in [-0.4, -0.2) is 0 Å². The molecule has 2 rings (SSSR count). The molecule has 24 heavy (non-hydrogen) atoms. The van der Waals surface area contributed by atoms with Crippen molar-refractivity contribution in [1.29, 1.82) is 0 Å². The fraction of sp³-hybridized carbons (Fsp3) is 0.200. The molecule has 0 saturated heterocycles. The van der Waals surface area contributed by atoms with Gasteiger partial charge in [0, 0.05) is 12.1 Å². The minimum atomic E-state index is -5.35. The van der Waals surface area contributed by atoms with E-state index in [1.54, 1.807) is 0 Å². The van der Waals surface area contributed by atoms with Crippen molar-refractivity contribution in [3.63, 3.8) is 0 Å². The Morgan fingerprint density at radius 2 is 1.42 bits per heavy atom. The molecule has 130 valence electrons. The largest absolute Gasteiger partial charge is 0.429 e. The van der Waals surface area contributed by atoms with Gasteiger partial charge in [-0.3, -0.25) is 0 Å². The van der Waals surface area contributed by atoms with Crippen LogP contribution in [0.1, 0.15) is 16.7 Å². The Hall–Kier alpha value is -2.32. The van der Waals surface area contributed by atoms with Crippen LogP contribution in [0.5, 0.6) is 5.75 Å². The highest BCUT2D eigenvalue weighted by atomic mass is 19.4.